The summed E-state index contributed by atoms with van der Waals surface area (Å²) in [7, 11) is 0. The van der Waals surface area contributed by atoms with Crippen LogP contribution in [0.4, 0.5) is 4.39 Å². The summed E-state index contributed by atoms with van der Waals surface area (Å²) in [6.45, 7) is 3.94. The van der Waals surface area contributed by atoms with Gasteiger partial charge in [0.05, 0.1) is 12.1 Å². The maximum Gasteiger partial charge on any atom is 0.123 e. The Morgan fingerprint density at radius 3 is 2.30 bits per heavy atom. The van der Waals surface area contributed by atoms with Gasteiger partial charge in [-0.1, -0.05) is 24.3 Å². The average molecular weight is 274 g/mol. The first-order valence-electron chi connectivity index (χ1n) is 6.58. The van der Waals surface area contributed by atoms with Crippen LogP contribution >= 0.6 is 0 Å². The zero-order valence-electron chi connectivity index (χ0n) is 11.6. The number of hydrogen-bond donors (Lipinski definition) is 2. The van der Waals surface area contributed by atoms with Gasteiger partial charge >= 0.3 is 0 Å². The van der Waals surface area contributed by atoms with Crippen LogP contribution in [-0.4, -0.2) is 6.10 Å². The Bertz CT molecular complexity index is 572. The first-order chi connectivity index (χ1) is 9.60. The lowest BCUT2D eigenvalue weighted by molar-refractivity contribution is 0.242. The van der Waals surface area contributed by atoms with E-state index in [-0.39, 0.29) is 18.0 Å². The molecule has 3 N–H and O–H groups in total. The van der Waals surface area contributed by atoms with Gasteiger partial charge in [-0.25, -0.2) is 9.82 Å². The van der Waals surface area contributed by atoms with Gasteiger partial charge in [-0.05, 0) is 49.2 Å². The first kappa shape index (κ1) is 14.5. The van der Waals surface area contributed by atoms with Crippen LogP contribution in [0.2, 0.25) is 0 Å². The third-order valence-electron chi connectivity index (χ3n) is 2.91. The minimum absolute atomic E-state index is 0.101. The highest BCUT2D eigenvalue weighted by Crippen LogP contribution is 2.25. The molecule has 1 atom stereocenters. The van der Waals surface area contributed by atoms with E-state index in [4.69, 9.17) is 10.6 Å². The summed E-state index contributed by atoms with van der Waals surface area (Å²) in [6.07, 6.45) is 0.101. The fourth-order valence-electron chi connectivity index (χ4n) is 2.11. The van der Waals surface area contributed by atoms with Crippen molar-refractivity contribution in [1.29, 1.82) is 0 Å². The molecule has 0 saturated heterocycles. The molecule has 0 spiro atoms. The predicted octanol–water partition coefficient (Wildman–Crippen LogP) is 3.17. The molecule has 0 aromatic heterocycles. The van der Waals surface area contributed by atoms with Crippen LogP contribution in [0.3, 0.4) is 0 Å². The van der Waals surface area contributed by atoms with Crippen molar-refractivity contribution >= 4 is 0 Å². The zero-order valence-corrected chi connectivity index (χ0v) is 11.6. The Hall–Kier alpha value is -1.91. The molecule has 0 aliphatic heterocycles. The van der Waals surface area contributed by atoms with E-state index >= 15 is 0 Å². The van der Waals surface area contributed by atoms with Crippen molar-refractivity contribution < 1.29 is 9.13 Å². The SMILES string of the molecule is CC(C)Oc1cccc(C(NN)c2cccc(F)c2)c1. The van der Waals surface area contributed by atoms with Crippen LogP contribution in [0, 0.1) is 5.82 Å². The fraction of sp³-hybridized carbons (Fsp3) is 0.250. The molecule has 1 unspecified atom stereocenters. The molecular weight excluding hydrogens is 255 g/mol. The maximum absolute atomic E-state index is 13.3. The smallest absolute Gasteiger partial charge is 0.123 e. The number of benzene rings is 2. The summed E-state index contributed by atoms with van der Waals surface area (Å²) in [5.41, 5.74) is 4.42. The molecule has 4 heteroatoms. The molecule has 0 saturated carbocycles. The van der Waals surface area contributed by atoms with Crippen LogP contribution < -0.4 is 16.0 Å². The van der Waals surface area contributed by atoms with E-state index in [1.54, 1.807) is 6.07 Å². The molecule has 0 aliphatic carbocycles. The Morgan fingerprint density at radius 1 is 1.05 bits per heavy atom. The van der Waals surface area contributed by atoms with Gasteiger partial charge in [-0.2, -0.15) is 0 Å². The summed E-state index contributed by atoms with van der Waals surface area (Å²) in [4.78, 5) is 0. The molecule has 20 heavy (non-hydrogen) atoms. The predicted molar refractivity (Wildman–Crippen MR) is 77.8 cm³/mol. The van der Waals surface area contributed by atoms with Gasteiger partial charge in [0.15, 0.2) is 0 Å². The van der Waals surface area contributed by atoms with Crippen molar-refractivity contribution in [3.8, 4) is 5.75 Å². The number of ether oxygens (including phenoxy) is 1. The highest BCUT2D eigenvalue weighted by molar-refractivity contribution is 5.36. The first-order valence-corrected chi connectivity index (χ1v) is 6.58. The normalized spacial score (nSPS) is 12.4. The highest BCUT2D eigenvalue weighted by atomic mass is 19.1. The maximum atomic E-state index is 13.3. The molecule has 0 fully saturated rings. The molecular formula is C16H19FN2O. The van der Waals surface area contributed by atoms with E-state index in [0.29, 0.717) is 0 Å². The van der Waals surface area contributed by atoms with Gasteiger partial charge in [-0.15, -0.1) is 0 Å². The van der Waals surface area contributed by atoms with Gasteiger partial charge in [0.2, 0.25) is 0 Å². The van der Waals surface area contributed by atoms with E-state index in [0.717, 1.165) is 16.9 Å². The van der Waals surface area contributed by atoms with Crippen molar-refractivity contribution in [2.75, 3.05) is 0 Å². The van der Waals surface area contributed by atoms with Gasteiger partial charge in [0, 0.05) is 0 Å². The van der Waals surface area contributed by atoms with Crippen LogP contribution in [0.1, 0.15) is 31.0 Å². The Labute approximate surface area is 118 Å². The van der Waals surface area contributed by atoms with Crippen LogP contribution in [-0.2, 0) is 0 Å². The van der Waals surface area contributed by atoms with E-state index in [9.17, 15) is 4.39 Å². The second-order valence-electron chi connectivity index (χ2n) is 4.89. The van der Waals surface area contributed by atoms with Crippen molar-refractivity contribution in [3.63, 3.8) is 0 Å². The molecule has 0 aliphatic rings. The monoisotopic (exact) mass is 274 g/mol. The molecule has 0 bridgehead atoms. The van der Waals surface area contributed by atoms with Crippen molar-refractivity contribution in [2.45, 2.75) is 26.0 Å². The Morgan fingerprint density at radius 2 is 1.70 bits per heavy atom. The lowest BCUT2D eigenvalue weighted by Crippen LogP contribution is -2.28. The van der Waals surface area contributed by atoms with E-state index in [1.807, 2.05) is 44.2 Å². The number of nitrogens with two attached hydrogens (primary N) is 1. The van der Waals surface area contributed by atoms with Crippen molar-refractivity contribution in [1.82, 2.24) is 5.43 Å². The highest BCUT2D eigenvalue weighted by Gasteiger charge is 2.13. The van der Waals surface area contributed by atoms with Gasteiger partial charge in [0.25, 0.3) is 0 Å². The van der Waals surface area contributed by atoms with Crippen LogP contribution in [0.25, 0.3) is 0 Å². The van der Waals surface area contributed by atoms with Gasteiger partial charge in [0.1, 0.15) is 11.6 Å². The van der Waals surface area contributed by atoms with Crippen molar-refractivity contribution in [3.05, 3.63) is 65.5 Å². The molecule has 0 radical (unpaired) electrons. The Kier molecular flexibility index (Phi) is 4.71. The molecule has 106 valence electrons. The van der Waals surface area contributed by atoms with Crippen LogP contribution in [0.5, 0.6) is 5.75 Å². The molecule has 2 aromatic carbocycles. The summed E-state index contributed by atoms with van der Waals surface area (Å²) >= 11 is 0. The number of rotatable bonds is 5. The quantitative estimate of drug-likeness (QED) is 0.650. The second-order valence-corrected chi connectivity index (χ2v) is 4.89. The number of hydrogen-bond acceptors (Lipinski definition) is 3. The summed E-state index contributed by atoms with van der Waals surface area (Å²) in [5, 5.41) is 0. The summed E-state index contributed by atoms with van der Waals surface area (Å²) in [5.74, 6) is 6.12. The minimum Gasteiger partial charge on any atom is -0.491 e. The number of nitrogens with one attached hydrogen (secondary N) is 1. The average Bonchev–Trinajstić information content (AvgIpc) is 2.39. The number of hydrazine groups is 1. The van der Waals surface area contributed by atoms with Crippen LogP contribution in [0.15, 0.2) is 48.5 Å². The zero-order chi connectivity index (χ0) is 14.5. The second kappa shape index (κ2) is 6.50. The lowest BCUT2D eigenvalue weighted by Gasteiger charge is -2.18. The van der Waals surface area contributed by atoms with E-state index < -0.39 is 0 Å². The molecule has 0 amide bonds. The van der Waals surface area contributed by atoms with E-state index in [1.165, 1.54) is 12.1 Å². The number of halogens is 1. The standard InChI is InChI=1S/C16H19FN2O/c1-11(2)20-15-8-4-6-13(10-15)16(19-18)12-5-3-7-14(17)9-12/h3-11,16,19H,18H2,1-2H3. The van der Waals surface area contributed by atoms with E-state index in [2.05, 4.69) is 5.43 Å². The fourth-order valence-corrected chi connectivity index (χ4v) is 2.11. The lowest BCUT2D eigenvalue weighted by atomic mass is 9.99. The van der Waals surface area contributed by atoms with Gasteiger partial charge in [-0.3, -0.25) is 5.84 Å². The van der Waals surface area contributed by atoms with Crippen molar-refractivity contribution in [2.24, 2.45) is 5.84 Å². The third kappa shape index (κ3) is 3.56. The minimum atomic E-state index is -0.280. The largest absolute Gasteiger partial charge is 0.491 e. The molecule has 0 heterocycles. The topological polar surface area (TPSA) is 47.3 Å². The summed E-state index contributed by atoms with van der Waals surface area (Å²) in [6, 6.07) is 13.8. The Balaban J connectivity index is 2.32. The molecule has 2 rings (SSSR count). The van der Waals surface area contributed by atoms with Gasteiger partial charge < -0.3 is 4.74 Å². The molecule has 3 nitrogen and oxygen atoms in total. The molecule has 2 aromatic rings. The summed E-state index contributed by atoms with van der Waals surface area (Å²) < 4.78 is 19.0. The third-order valence-corrected chi connectivity index (χ3v) is 2.91.